The number of rotatable bonds is 8. The van der Waals surface area contributed by atoms with Crippen molar-refractivity contribution in [1.29, 1.82) is 0 Å². The zero-order chi connectivity index (χ0) is 22.2. The number of benzene rings is 4. The van der Waals surface area contributed by atoms with Crippen molar-refractivity contribution in [1.82, 2.24) is 5.32 Å². The second-order valence-corrected chi connectivity index (χ2v) is 7.50. The van der Waals surface area contributed by atoms with Crippen molar-refractivity contribution in [2.45, 2.75) is 19.1 Å². The molecule has 4 aromatic rings. The molecule has 0 saturated carbocycles. The number of nitrogens with one attached hydrogen (secondary N) is 1. The minimum atomic E-state index is -0.374. The zero-order valence-electron chi connectivity index (χ0n) is 17.6. The summed E-state index contributed by atoms with van der Waals surface area (Å²) in [5.74, 6) is -0.0592. The molecule has 0 unspecified atom stereocenters. The first-order chi connectivity index (χ1) is 15.7. The molecule has 0 fully saturated rings. The molecule has 32 heavy (non-hydrogen) atoms. The summed E-state index contributed by atoms with van der Waals surface area (Å²) >= 11 is 0. The third-order valence-electron chi connectivity index (χ3n) is 5.27. The van der Waals surface area contributed by atoms with Gasteiger partial charge in [0.15, 0.2) is 0 Å². The van der Waals surface area contributed by atoms with E-state index in [1.165, 1.54) is 6.07 Å². The number of hydrogen-bond acceptors (Lipinski definition) is 2. The van der Waals surface area contributed by atoms with Crippen LogP contribution in [0.4, 0.5) is 4.39 Å². The van der Waals surface area contributed by atoms with Crippen LogP contribution in [0.1, 0.15) is 28.2 Å². The minimum absolute atomic E-state index is 0.0534. The maximum Gasteiger partial charge on any atom is 0.232 e. The van der Waals surface area contributed by atoms with E-state index < -0.39 is 0 Å². The maximum absolute atomic E-state index is 13.7. The fourth-order valence-electron chi connectivity index (χ4n) is 3.56. The molecule has 0 aliphatic rings. The first-order valence-electron chi connectivity index (χ1n) is 10.5. The Hall–Kier alpha value is -3.92. The van der Waals surface area contributed by atoms with Crippen molar-refractivity contribution in [3.8, 4) is 5.75 Å². The van der Waals surface area contributed by atoms with Gasteiger partial charge in [0.05, 0.1) is 5.92 Å². The van der Waals surface area contributed by atoms with E-state index in [9.17, 15) is 9.18 Å². The molecule has 1 N–H and O–H groups in total. The summed E-state index contributed by atoms with van der Waals surface area (Å²) in [6.45, 7) is 0.571. The van der Waals surface area contributed by atoms with Crippen LogP contribution < -0.4 is 10.1 Å². The first-order valence-corrected chi connectivity index (χ1v) is 10.5. The lowest BCUT2D eigenvalue weighted by atomic mass is 9.90. The van der Waals surface area contributed by atoms with Crippen LogP contribution in [0.15, 0.2) is 109 Å². The first kappa shape index (κ1) is 21.3. The van der Waals surface area contributed by atoms with Crippen LogP contribution in [0.25, 0.3) is 0 Å². The Balaban J connectivity index is 1.38. The topological polar surface area (TPSA) is 38.3 Å². The van der Waals surface area contributed by atoms with Crippen molar-refractivity contribution in [3.63, 3.8) is 0 Å². The lowest BCUT2D eigenvalue weighted by Gasteiger charge is -2.18. The lowest BCUT2D eigenvalue weighted by Crippen LogP contribution is -2.29. The Morgan fingerprint density at radius 2 is 1.31 bits per heavy atom. The summed E-state index contributed by atoms with van der Waals surface area (Å²) in [5, 5.41) is 3.05. The van der Waals surface area contributed by atoms with Crippen molar-refractivity contribution in [3.05, 3.63) is 137 Å². The molecule has 0 aromatic heterocycles. The van der Waals surface area contributed by atoms with Gasteiger partial charge < -0.3 is 10.1 Å². The van der Waals surface area contributed by atoms with Crippen LogP contribution in [0.2, 0.25) is 0 Å². The molecule has 4 heteroatoms. The summed E-state index contributed by atoms with van der Waals surface area (Å²) in [6, 6.07) is 33.6. The summed E-state index contributed by atoms with van der Waals surface area (Å²) < 4.78 is 19.4. The monoisotopic (exact) mass is 425 g/mol. The Kier molecular flexibility index (Phi) is 6.93. The second-order valence-electron chi connectivity index (χ2n) is 7.50. The van der Waals surface area contributed by atoms with Gasteiger partial charge in [-0.1, -0.05) is 91.0 Å². The molecule has 160 valence electrons. The molecule has 3 nitrogen and oxygen atoms in total. The number of amides is 1. The fourth-order valence-corrected chi connectivity index (χ4v) is 3.56. The number of hydrogen-bond donors (Lipinski definition) is 1. The van der Waals surface area contributed by atoms with Crippen LogP contribution in [0, 0.1) is 5.82 Å². The van der Waals surface area contributed by atoms with Gasteiger partial charge in [0.25, 0.3) is 0 Å². The van der Waals surface area contributed by atoms with Crippen molar-refractivity contribution in [2.24, 2.45) is 0 Å². The average Bonchev–Trinajstić information content (AvgIpc) is 2.84. The standard InChI is InChI=1S/C28H24FNO2/c29-26-14-8-7-13-24(26)20-32-25-17-15-21(16-18-25)19-30-28(31)27(22-9-3-1-4-10-22)23-11-5-2-6-12-23/h1-18,27H,19-20H2,(H,30,31). The van der Waals surface area contributed by atoms with E-state index in [0.29, 0.717) is 17.9 Å². The highest BCUT2D eigenvalue weighted by Crippen LogP contribution is 2.25. The van der Waals surface area contributed by atoms with Crippen molar-refractivity contribution >= 4 is 5.91 Å². The quantitative estimate of drug-likeness (QED) is 0.384. The van der Waals surface area contributed by atoms with E-state index in [2.05, 4.69) is 5.32 Å². The molecule has 0 spiro atoms. The predicted octanol–water partition coefficient (Wildman–Crippen LogP) is 5.85. The number of halogens is 1. The van der Waals surface area contributed by atoms with Gasteiger partial charge >= 0.3 is 0 Å². The second kappa shape index (κ2) is 10.4. The molecule has 4 rings (SSSR count). The van der Waals surface area contributed by atoms with E-state index in [4.69, 9.17) is 4.74 Å². The molecule has 1 amide bonds. The van der Waals surface area contributed by atoms with Gasteiger partial charge in [0.1, 0.15) is 18.2 Å². The Morgan fingerprint density at radius 3 is 1.91 bits per heavy atom. The van der Waals surface area contributed by atoms with E-state index in [1.807, 2.05) is 84.9 Å². The SMILES string of the molecule is O=C(NCc1ccc(OCc2ccccc2F)cc1)C(c1ccccc1)c1ccccc1. The molecular weight excluding hydrogens is 401 g/mol. The molecule has 0 atom stereocenters. The smallest absolute Gasteiger partial charge is 0.232 e. The molecule has 0 aliphatic heterocycles. The van der Waals surface area contributed by atoms with Crippen molar-refractivity contribution in [2.75, 3.05) is 0 Å². The summed E-state index contributed by atoms with van der Waals surface area (Å²) in [7, 11) is 0. The fraction of sp³-hybridized carbons (Fsp3) is 0.107. The molecule has 0 aliphatic carbocycles. The normalized spacial score (nSPS) is 10.7. The Morgan fingerprint density at radius 1 is 0.750 bits per heavy atom. The number of carbonyl (C=O) groups is 1. The van der Waals surface area contributed by atoms with Gasteiger partial charge in [-0.15, -0.1) is 0 Å². The van der Waals surface area contributed by atoms with Gasteiger partial charge in [-0.2, -0.15) is 0 Å². The highest BCUT2D eigenvalue weighted by Gasteiger charge is 2.22. The Bertz CT molecular complexity index is 1110. The predicted molar refractivity (Wildman–Crippen MR) is 124 cm³/mol. The summed E-state index contributed by atoms with van der Waals surface area (Å²) in [5.41, 5.74) is 3.37. The molecule has 0 heterocycles. The summed E-state index contributed by atoms with van der Waals surface area (Å²) in [6.07, 6.45) is 0. The Labute approximate surface area is 187 Å². The maximum atomic E-state index is 13.7. The average molecular weight is 426 g/mol. The number of ether oxygens (including phenoxy) is 1. The molecule has 0 bridgehead atoms. The summed E-state index contributed by atoms with van der Waals surface area (Å²) in [4.78, 5) is 13.1. The van der Waals surface area contributed by atoms with Crippen molar-refractivity contribution < 1.29 is 13.9 Å². The molecule has 4 aromatic carbocycles. The molecule has 0 radical (unpaired) electrons. The third-order valence-corrected chi connectivity index (χ3v) is 5.27. The van der Waals surface area contributed by atoms with E-state index in [0.717, 1.165) is 16.7 Å². The highest BCUT2D eigenvalue weighted by atomic mass is 19.1. The van der Waals surface area contributed by atoms with E-state index >= 15 is 0 Å². The zero-order valence-corrected chi connectivity index (χ0v) is 17.6. The van der Waals surface area contributed by atoms with Gasteiger partial charge in [0.2, 0.25) is 5.91 Å². The highest BCUT2D eigenvalue weighted by molar-refractivity contribution is 5.87. The van der Waals surface area contributed by atoms with Crippen LogP contribution >= 0.6 is 0 Å². The van der Waals surface area contributed by atoms with Crippen LogP contribution in [0.5, 0.6) is 5.75 Å². The van der Waals surface area contributed by atoms with Crippen LogP contribution in [-0.2, 0) is 17.9 Å². The number of carbonyl (C=O) groups excluding carboxylic acids is 1. The van der Waals surface area contributed by atoms with Gasteiger partial charge in [-0.3, -0.25) is 4.79 Å². The van der Waals surface area contributed by atoms with Gasteiger partial charge in [-0.05, 0) is 34.9 Å². The minimum Gasteiger partial charge on any atom is -0.489 e. The molecular formula is C28H24FNO2. The van der Waals surface area contributed by atoms with E-state index in [-0.39, 0.29) is 24.2 Å². The largest absolute Gasteiger partial charge is 0.489 e. The lowest BCUT2D eigenvalue weighted by molar-refractivity contribution is -0.121. The van der Waals surface area contributed by atoms with Gasteiger partial charge in [-0.25, -0.2) is 4.39 Å². The van der Waals surface area contributed by atoms with Gasteiger partial charge in [0, 0.05) is 12.1 Å². The van der Waals surface area contributed by atoms with Crippen LogP contribution in [-0.4, -0.2) is 5.91 Å². The van der Waals surface area contributed by atoms with Crippen LogP contribution in [0.3, 0.4) is 0 Å². The van der Waals surface area contributed by atoms with E-state index in [1.54, 1.807) is 18.2 Å². The molecule has 0 saturated heterocycles. The third kappa shape index (κ3) is 5.41.